The third-order valence-corrected chi connectivity index (χ3v) is 1.87. The van der Waals surface area contributed by atoms with E-state index in [4.69, 9.17) is 5.11 Å². The average molecular weight is 180 g/mol. The Labute approximate surface area is 78.8 Å². The molecule has 1 aromatic heterocycles. The van der Waals surface area contributed by atoms with Crippen LogP contribution in [0.1, 0.15) is 25.3 Å². The molecule has 2 N–H and O–H groups in total. The lowest BCUT2D eigenvalue weighted by molar-refractivity contribution is 0.311. The van der Waals surface area contributed by atoms with Crippen LogP contribution in [0, 0.1) is 0 Å². The summed E-state index contributed by atoms with van der Waals surface area (Å²) in [6.45, 7) is 4.97. The summed E-state index contributed by atoms with van der Waals surface area (Å²) < 4.78 is 0. The topological polar surface area (TPSA) is 45.2 Å². The molecule has 0 bridgehead atoms. The van der Waals surface area contributed by atoms with Gasteiger partial charge in [-0.3, -0.25) is 0 Å². The van der Waals surface area contributed by atoms with Gasteiger partial charge in [0.15, 0.2) is 0 Å². The molecule has 0 aliphatic heterocycles. The van der Waals surface area contributed by atoms with Crippen molar-refractivity contribution in [2.45, 2.75) is 19.8 Å². The van der Waals surface area contributed by atoms with Gasteiger partial charge in [0.25, 0.3) is 0 Å². The van der Waals surface area contributed by atoms with Crippen molar-refractivity contribution in [1.82, 2.24) is 4.98 Å². The van der Waals surface area contributed by atoms with Crippen molar-refractivity contribution in [3.05, 3.63) is 23.9 Å². The van der Waals surface area contributed by atoms with E-state index in [0.29, 0.717) is 12.5 Å². The normalized spacial score (nSPS) is 10.5. The van der Waals surface area contributed by atoms with Crippen LogP contribution >= 0.6 is 0 Å². The lowest BCUT2D eigenvalue weighted by atomic mass is 10.1. The van der Waals surface area contributed by atoms with Gasteiger partial charge < -0.3 is 10.4 Å². The zero-order valence-corrected chi connectivity index (χ0v) is 8.12. The van der Waals surface area contributed by atoms with Crippen molar-refractivity contribution in [2.75, 3.05) is 18.5 Å². The monoisotopic (exact) mass is 180 g/mol. The molecule has 0 saturated heterocycles. The van der Waals surface area contributed by atoms with E-state index in [9.17, 15) is 0 Å². The lowest BCUT2D eigenvalue weighted by Crippen LogP contribution is -2.07. The highest BCUT2D eigenvalue weighted by Gasteiger charge is 1.99. The molecule has 3 nitrogen and oxygen atoms in total. The van der Waals surface area contributed by atoms with Crippen LogP contribution in [0.2, 0.25) is 0 Å². The number of hydrogen-bond acceptors (Lipinski definition) is 3. The first-order valence-electron chi connectivity index (χ1n) is 4.54. The molecule has 0 unspecified atom stereocenters. The van der Waals surface area contributed by atoms with Gasteiger partial charge in [-0.05, 0) is 23.6 Å². The highest BCUT2D eigenvalue weighted by Crippen LogP contribution is 2.15. The van der Waals surface area contributed by atoms with Crippen molar-refractivity contribution < 1.29 is 5.11 Å². The molecule has 3 heteroatoms. The number of rotatable bonds is 4. The first kappa shape index (κ1) is 9.99. The van der Waals surface area contributed by atoms with Crippen molar-refractivity contribution in [2.24, 2.45) is 0 Å². The maximum atomic E-state index is 8.62. The van der Waals surface area contributed by atoms with E-state index < -0.39 is 0 Å². The maximum Gasteiger partial charge on any atom is 0.126 e. The molecule has 0 aliphatic rings. The predicted molar refractivity (Wildman–Crippen MR) is 53.9 cm³/mol. The van der Waals surface area contributed by atoms with E-state index in [1.807, 2.05) is 12.1 Å². The van der Waals surface area contributed by atoms with Crippen LogP contribution in [-0.4, -0.2) is 23.2 Å². The molecule has 0 atom stereocenters. The smallest absolute Gasteiger partial charge is 0.126 e. The summed E-state index contributed by atoms with van der Waals surface area (Å²) in [5.74, 6) is 1.35. The fraction of sp³-hybridized carbons (Fsp3) is 0.500. The quantitative estimate of drug-likeness (QED) is 0.740. The van der Waals surface area contributed by atoms with Crippen LogP contribution in [0.4, 0.5) is 5.82 Å². The maximum absolute atomic E-state index is 8.62. The molecule has 1 rings (SSSR count). The Morgan fingerprint density at radius 2 is 2.31 bits per heavy atom. The predicted octanol–water partition coefficient (Wildman–Crippen LogP) is 1.61. The molecule has 1 aromatic rings. The van der Waals surface area contributed by atoms with Crippen molar-refractivity contribution >= 4 is 5.82 Å². The summed E-state index contributed by atoms with van der Waals surface area (Å²) in [6.07, 6.45) is 1.79. The summed E-state index contributed by atoms with van der Waals surface area (Å²) in [4.78, 5) is 4.14. The second-order valence-electron chi connectivity index (χ2n) is 3.28. The van der Waals surface area contributed by atoms with E-state index in [2.05, 4.69) is 24.1 Å². The molecule has 13 heavy (non-hydrogen) atoms. The van der Waals surface area contributed by atoms with E-state index >= 15 is 0 Å². The Morgan fingerprint density at radius 1 is 1.54 bits per heavy atom. The van der Waals surface area contributed by atoms with Crippen LogP contribution in [-0.2, 0) is 0 Å². The number of pyridine rings is 1. The number of anilines is 1. The lowest BCUT2D eigenvalue weighted by Gasteiger charge is -2.08. The number of nitrogens with one attached hydrogen (secondary N) is 1. The van der Waals surface area contributed by atoms with Gasteiger partial charge in [0.1, 0.15) is 5.82 Å². The Hall–Kier alpha value is -1.09. The highest BCUT2D eigenvalue weighted by molar-refractivity contribution is 5.38. The number of aliphatic hydroxyl groups excluding tert-OH is 1. The largest absolute Gasteiger partial charge is 0.395 e. The molecular weight excluding hydrogens is 164 g/mol. The van der Waals surface area contributed by atoms with Gasteiger partial charge in [0.2, 0.25) is 0 Å². The number of nitrogens with zero attached hydrogens (tertiary/aromatic N) is 1. The van der Waals surface area contributed by atoms with Crippen LogP contribution in [0.15, 0.2) is 18.3 Å². The van der Waals surface area contributed by atoms with Gasteiger partial charge in [-0.25, -0.2) is 4.98 Å². The van der Waals surface area contributed by atoms with Gasteiger partial charge in [0.05, 0.1) is 6.61 Å². The molecule has 72 valence electrons. The minimum Gasteiger partial charge on any atom is -0.395 e. The standard InChI is InChI=1S/C10H16N2O/c1-8(2)9-3-4-11-10(7-9)12-5-6-13/h3-4,7-8,13H,5-6H2,1-2H3,(H,11,12). The third-order valence-electron chi connectivity index (χ3n) is 1.87. The second-order valence-corrected chi connectivity index (χ2v) is 3.28. The number of aromatic nitrogens is 1. The van der Waals surface area contributed by atoms with Crippen molar-refractivity contribution in [3.8, 4) is 0 Å². The Morgan fingerprint density at radius 3 is 2.92 bits per heavy atom. The van der Waals surface area contributed by atoms with Crippen LogP contribution in [0.5, 0.6) is 0 Å². The fourth-order valence-corrected chi connectivity index (χ4v) is 1.09. The first-order chi connectivity index (χ1) is 6.24. The minimum absolute atomic E-state index is 0.133. The molecule has 0 spiro atoms. The molecule has 0 amide bonds. The van der Waals surface area contributed by atoms with Crippen LogP contribution in [0.3, 0.4) is 0 Å². The van der Waals surface area contributed by atoms with Crippen LogP contribution in [0.25, 0.3) is 0 Å². The Balaban J connectivity index is 2.68. The summed E-state index contributed by atoms with van der Waals surface area (Å²) in [7, 11) is 0. The molecule has 0 aromatic carbocycles. The molecule has 1 heterocycles. The molecular formula is C10H16N2O. The number of hydrogen-bond donors (Lipinski definition) is 2. The van der Waals surface area contributed by atoms with Gasteiger partial charge in [-0.15, -0.1) is 0 Å². The SMILES string of the molecule is CC(C)c1ccnc(NCCO)c1. The van der Waals surface area contributed by atoms with E-state index in [1.54, 1.807) is 6.20 Å². The zero-order valence-electron chi connectivity index (χ0n) is 8.12. The fourth-order valence-electron chi connectivity index (χ4n) is 1.09. The summed E-state index contributed by atoms with van der Waals surface area (Å²) >= 11 is 0. The third kappa shape index (κ3) is 3.03. The van der Waals surface area contributed by atoms with Gasteiger partial charge in [-0.1, -0.05) is 13.8 Å². The number of aliphatic hydroxyl groups is 1. The van der Waals surface area contributed by atoms with Crippen molar-refractivity contribution in [1.29, 1.82) is 0 Å². The average Bonchev–Trinajstić information content (AvgIpc) is 2.15. The first-order valence-corrected chi connectivity index (χ1v) is 4.54. The molecule has 0 aliphatic carbocycles. The molecule has 0 saturated carbocycles. The Bertz CT molecular complexity index is 261. The second kappa shape index (κ2) is 4.82. The Kier molecular flexibility index (Phi) is 3.71. The summed E-state index contributed by atoms with van der Waals surface area (Å²) in [6, 6.07) is 4.02. The van der Waals surface area contributed by atoms with E-state index in [0.717, 1.165) is 5.82 Å². The van der Waals surface area contributed by atoms with E-state index in [1.165, 1.54) is 5.56 Å². The van der Waals surface area contributed by atoms with Crippen LogP contribution < -0.4 is 5.32 Å². The molecule has 0 radical (unpaired) electrons. The highest BCUT2D eigenvalue weighted by atomic mass is 16.3. The molecule has 0 fully saturated rings. The minimum atomic E-state index is 0.133. The van der Waals surface area contributed by atoms with Gasteiger partial charge in [-0.2, -0.15) is 0 Å². The van der Waals surface area contributed by atoms with E-state index in [-0.39, 0.29) is 6.61 Å². The van der Waals surface area contributed by atoms with Gasteiger partial charge in [0, 0.05) is 12.7 Å². The zero-order chi connectivity index (χ0) is 9.68. The summed E-state index contributed by atoms with van der Waals surface area (Å²) in [5, 5.41) is 11.6. The van der Waals surface area contributed by atoms with Crippen molar-refractivity contribution in [3.63, 3.8) is 0 Å². The van der Waals surface area contributed by atoms with Gasteiger partial charge >= 0.3 is 0 Å². The summed E-state index contributed by atoms with van der Waals surface area (Å²) in [5.41, 5.74) is 1.26.